The lowest BCUT2D eigenvalue weighted by molar-refractivity contribution is 0.108. The third-order valence-electron chi connectivity index (χ3n) is 5.26. The van der Waals surface area contributed by atoms with Crippen LogP contribution in [0.1, 0.15) is 24.0 Å². The van der Waals surface area contributed by atoms with Crippen molar-refractivity contribution in [2.24, 2.45) is 0 Å². The summed E-state index contributed by atoms with van der Waals surface area (Å²) in [7, 11) is 7.27. The van der Waals surface area contributed by atoms with Gasteiger partial charge in [0, 0.05) is 24.7 Å². The number of benzene rings is 1. The highest BCUT2D eigenvalue weighted by Crippen LogP contribution is 2.44. The minimum absolute atomic E-state index is 0.678. The van der Waals surface area contributed by atoms with Crippen LogP contribution in [0.15, 0.2) is 6.07 Å². The molecule has 0 N–H and O–H groups in total. The molecule has 0 bridgehead atoms. The van der Waals surface area contributed by atoms with Crippen molar-refractivity contribution in [1.29, 1.82) is 0 Å². The van der Waals surface area contributed by atoms with Gasteiger partial charge in [-0.3, -0.25) is 4.90 Å². The molecule has 5 heteroatoms. The fraction of sp³-hybridized carbons (Fsp3) is 0.667. The van der Waals surface area contributed by atoms with E-state index in [4.69, 9.17) is 14.2 Å². The molecule has 2 heterocycles. The van der Waals surface area contributed by atoms with E-state index in [0.717, 1.165) is 31.0 Å². The summed E-state index contributed by atoms with van der Waals surface area (Å²) in [5.41, 5.74) is 2.58. The van der Waals surface area contributed by atoms with E-state index in [1.165, 1.54) is 37.1 Å². The molecule has 0 spiro atoms. The third kappa shape index (κ3) is 3.12. The van der Waals surface area contributed by atoms with Crippen molar-refractivity contribution in [3.05, 3.63) is 17.2 Å². The highest BCUT2D eigenvalue weighted by molar-refractivity contribution is 5.59. The van der Waals surface area contributed by atoms with Gasteiger partial charge in [-0.1, -0.05) is 0 Å². The van der Waals surface area contributed by atoms with E-state index in [1.54, 1.807) is 21.3 Å². The Bertz CT molecular complexity index is 554. The Kier molecular flexibility index (Phi) is 4.97. The largest absolute Gasteiger partial charge is 0.493 e. The summed E-state index contributed by atoms with van der Waals surface area (Å²) < 4.78 is 16.7. The standard InChI is InChI=1S/C18H28N2O3/c1-19-8-6-14(7-9-19)20-10-5-13-11-16(21-2)18(23-4)17(22-3)15(13)12-20/h11,14H,5-10,12H2,1-4H3. The molecular weight excluding hydrogens is 292 g/mol. The Balaban J connectivity index is 1.87. The maximum absolute atomic E-state index is 5.69. The molecule has 0 radical (unpaired) electrons. The molecule has 2 aliphatic rings. The first-order valence-corrected chi connectivity index (χ1v) is 8.41. The number of likely N-dealkylation sites (tertiary alicyclic amines) is 1. The molecule has 2 aliphatic heterocycles. The van der Waals surface area contributed by atoms with Crippen LogP contribution < -0.4 is 14.2 Å². The fourth-order valence-corrected chi connectivity index (χ4v) is 3.88. The van der Waals surface area contributed by atoms with Crippen LogP contribution in [0, 0.1) is 0 Å². The summed E-state index contributed by atoms with van der Waals surface area (Å²) in [5, 5.41) is 0. The summed E-state index contributed by atoms with van der Waals surface area (Å²) in [5.74, 6) is 2.30. The summed E-state index contributed by atoms with van der Waals surface area (Å²) >= 11 is 0. The number of ether oxygens (including phenoxy) is 3. The quantitative estimate of drug-likeness (QED) is 0.849. The minimum Gasteiger partial charge on any atom is -0.493 e. The van der Waals surface area contributed by atoms with E-state index < -0.39 is 0 Å². The lowest BCUT2D eigenvalue weighted by Gasteiger charge is -2.40. The van der Waals surface area contributed by atoms with Crippen molar-refractivity contribution in [2.45, 2.75) is 31.8 Å². The van der Waals surface area contributed by atoms with Gasteiger partial charge in [-0.25, -0.2) is 0 Å². The van der Waals surface area contributed by atoms with Gasteiger partial charge < -0.3 is 19.1 Å². The minimum atomic E-state index is 0.678. The van der Waals surface area contributed by atoms with Crippen molar-refractivity contribution >= 4 is 0 Å². The number of piperidine rings is 1. The Hall–Kier alpha value is -1.46. The number of hydrogen-bond donors (Lipinski definition) is 0. The molecule has 0 saturated carbocycles. The smallest absolute Gasteiger partial charge is 0.203 e. The molecular formula is C18H28N2O3. The van der Waals surface area contributed by atoms with E-state index in [2.05, 4.69) is 22.9 Å². The lowest BCUT2D eigenvalue weighted by atomic mass is 9.94. The zero-order valence-electron chi connectivity index (χ0n) is 14.7. The summed E-state index contributed by atoms with van der Waals surface area (Å²) in [6, 6.07) is 2.79. The average molecular weight is 320 g/mol. The van der Waals surface area contributed by atoms with Crippen LogP contribution in [0.2, 0.25) is 0 Å². The Morgan fingerprint density at radius 3 is 2.26 bits per heavy atom. The molecule has 1 aromatic rings. The first-order chi connectivity index (χ1) is 11.2. The molecule has 3 rings (SSSR count). The molecule has 23 heavy (non-hydrogen) atoms. The van der Waals surface area contributed by atoms with Crippen LogP contribution >= 0.6 is 0 Å². The second-order valence-electron chi connectivity index (χ2n) is 6.54. The average Bonchev–Trinajstić information content (AvgIpc) is 2.60. The predicted octanol–water partition coefficient (Wildman–Crippen LogP) is 2.16. The SMILES string of the molecule is COc1cc2c(c(OC)c1OC)CN(C1CCN(C)CC1)CC2. The first kappa shape index (κ1) is 16.4. The number of hydrogen-bond acceptors (Lipinski definition) is 5. The van der Waals surface area contributed by atoms with Crippen LogP contribution in [0.5, 0.6) is 17.2 Å². The van der Waals surface area contributed by atoms with Gasteiger partial charge in [-0.15, -0.1) is 0 Å². The Morgan fingerprint density at radius 2 is 1.65 bits per heavy atom. The molecule has 0 atom stereocenters. The van der Waals surface area contributed by atoms with Gasteiger partial charge >= 0.3 is 0 Å². The molecule has 0 amide bonds. The Labute approximate surface area is 139 Å². The van der Waals surface area contributed by atoms with E-state index in [9.17, 15) is 0 Å². The second-order valence-corrected chi connectivity index (χ2v) is 6.54. The lowest BCUT2D eigenvalue weighted by Crippen LogP contribution is -2.45. The van der Waals surface area contributed by atoms with Crippen LogP contribution in [-0.2, 0) is 13.0 Å². The van der Waals surface area contributed by atoms with Crippen LogP contribution in [-0.4, -0.2) is 63.9 Å². The highest BCUT2D eigenvalue weighted by atomic mass is 16.5. The highest BCUT2D eigenvalue weighted by Gasteiger charge is 2.30. The zero-order chi connectivity index (χ0) is 16.4. The molecule has 5 nitrogen and oxygen atoms in total. The number of rotatable bonds is 4. The maximum Gasteiger partial charge on any atom is 0.203 e. The van der Waals surface area contributed by atoms with E-state index >= 15 is 0 Å². The van der Waals surface area contributed by atoms with E-state index in [0.29, 0.717) is 11.8 Å². The predicted molar refractivity (Wildman–Crippen MR) is 90.7 cm³/mol. The van der Waals surface area contributed by atoms with Gasteiger partial charge in [0.2, 0.25) is 5.75 Å². The van der Waals surface area contributed by atoms with Gasteiger partial charge in [0.05, 0.1) is 21.3 Å². The molecule has 0 aliphatic carbocycles. The van der Waals surface area contributed by atoms with Crippen LogP contribution in [0.3, 0.4) is 0 Å². The summed E-state index contributed by atoms with van der Waals surface area (Å²) in [6.07, 6.45) is 3.54. The van der Waals surface area contributed by atoms with Crippen LogP contribution in [0.25, 0.3) is 0 Å². The summed E-state index contributed by atoms with van der Waals surface area (Å²) in [6.45, 7) is 4.43. The van der Waals surface area contributed by atoms with Crippen molar-refractivity contribution in [3.63, 3.8) is 0 Å². The number of nitrogens with zero attached hydrogens (tertiary/aromatic N) is 2. The second kappa shape index (κ2) is 6.97. The van der Waals surface area contributed by atoms with Crippen molar-refractivity contribution < 1.29 is 14.2 Å². The van der Waals surface area contributed by atoms with Gasteiger partial charge in [0.25, 0.3) is 0 Å². The molecule has 0 aromatic heterocycles. The van der Waals surface area contributed by atoms with E-state index in [1.807, 2.05) is 0 Å². The van der Waals surface area contributed by atoms with Crippen LogP contribution in [0.4, 0.5) is 0 Å². The number of methoxy groups -OCH3 is 3. The van der Waals surface area contributed by atoms with Gasteiger partial charge in [-0.05, 0) is 51.0 Å². The Morgan fingerprint density at radius 1 is 0.957 bits per heavy atom. The third-order valence-corrected chi connectivity index (χ3v) is 5.26. The monoisotopic (exact) mass is 320 g/mol. The van der Waals surface area contributed by atoms with E-state index in [-0.39, 0.29) is 0 Å². The molecule has 1 saturated heterocycles. The zero-order valence-corrected chi connectivity index (χ0v) is 14.7. The topological polar surface area (TPSA) is 34.2 Å². The van der Waals surface area contributed by atoms with Gasteiger partial charge in [-0.2, -0.15) is 0 Å². The summed E-state index contributed by atoms with van der Waals surface area (Å²) in [4.78, 5) is 5.03. The molecule has 1 fully saturated rings. The van der Waals surface area contributed by atoms with Gasteiger partial charge in [0.1, 0.15) is 0 Å². The van der Waals surface area contributed by atoms with Gasteiger partial charge in [0.15, 0.2) is 11.5 Å². The number of fused-ring (bicyclic) bond motifs is 1. The molecule has 0 unspecified atom stereocenters. The first-order valence-electron chi connectivity index (χ1n) is 8.41. The maximum atomic E-state index is 5.69. The molecule has 128 valence electrons. The fourth-order valence-electron chi connectivity index (χ4n) is 3.88. The van der Waals surface area contributed by atoms with Crippen molar-refractivity contribution in [3.8, 4) is 17.2 Å². The van der Waals surface area contributed by atoms with Crippen molar-refractivity contribution in [1.82, 2.24) is 9.80 Å². The normalized spacial score (nSPS) is 20.2. The molecule has 1 aromatic carbocycles. The van der Waals surface area contributed by atoms with Crippen molar-refractivity contribution in [2.75, 3.05) is 48.0 Å².